The number of sulfone groups is 1. The molecule has 0 saturated carbocycles. The van der Waals surface area contributed by atoms with Crippen LogP contribution < -0.4 is 10.6 Å². The molecular weight excluding hydrogens is 262 g/mol. The van der Waals surface area contributed by atoms with Gasteiger partial charge >= 0.3 is 0 Å². The van der Waals surface area contributed by atoms with E-state index in [1.165, 1.54) is 6.26 Å². The molecule has 4 nitrogen and oxygen atoms in total. The van der Waals surface area contributed by atoms with Crippen LogP contribution in [0.5, 0.6) is 0 Å². The fourth-order valence-corrected chi connectivity index (χ4v) is 2.30. The lowest BCUT2D eigenvalue weighted by Gasteiger charge is -2.25. The van der Waals surface area contributed by atoms with Gasteiger partial charge in [0.05, 0.1) is 18.8 Å². The molecule has 98 valence electrons. The zero-order chi connectivity index (χ0) is 11.5. The number of hydrogen-bond acceptors (Lipinski definition) is 4. The standard InChI is InChI=1S/C5H11NO2S.C3H5F2N.ClH/c1-9(7,8)4-5-2-6-3-5;4-3(5)1-6-2-3;/h5-6H,2-4H2,1H3;6H,1-2H2;1H. The van der Waals surface area contributed by atoms with Gasteiger partial charge in [0.1, 0.15) is 9.84 Å². The van der Waals surface area contributed by atoms with Crippen molar-refractivity contribution in [2.24, 2.45) is 5.92 Å². The maximum absolute atomic E-state index is 11.5. The minimum absolute atomic E-state index is 0. The maximum Gasteiger partial charge on any atom is 0.272 e. The number of nitrogens with one attached hydrogen (secondary N) is 2. The van der Waals surface area contributed by atoms with E-state index in [9.17, 15) is 17.2 Å². The fraction of sp³-hybridized carbons (Fsp3) is 1.00. The summed E-state index contributed by atoms with van der Waals surface area (Å²) in [5, 5.41) is 5.47. The van der Waals surface area contributed by atoms with E-state index >= 15 is 0 Å². The smallest absolute Gasteiger partial charge is 0.272 e. The summed E-state index contributed by atoms with van der Waals surface area (Å²) in [6.07, 6.45) is 1.28. The van der Waals surface area contributed by atoms with Gasteiger partial charge in [-0.2, -0.15) is 0 Å². The highest BCUT2D eigenvalue weighted by Gasteiger charge is 2.36. The van der Waals surface area contributed by atoms with Crippen molar-refractivity contribution in [3.05, 3.63) is 0 Å². The van der Waals surface area contributed by atoms with Gasteiger partial charge in [-0.1, -0.05) is 0 Å². The van der Waals surface area contributed by atoms with Crippen LogP contribution in [0.25, 0.3) is 0 Å². The first kappa shape index (κ1) is 16.0. The van der Waals surface area contributed by atoms with Crippen LogP contribution in [0.15, 0.2) is 0 Å². The zero-order valence-corrected chi connectivity index (χ0v) is 10.6. The molecule has 2 saturated heterocycles. The molecule has 0 aromatic rings. The quantitative estimate of drug-likeness (QED) is 0.741. The van der Waals surface area contributed by atoms with E-state index in [1.807, 2.05) is 0 Å². The third-order valence-corrected chi connectivity index (χ3v) is 3.25. The van der Waals surface area contributed by atoms with E-state index in [4.69, 9.17) is 0 Å². The van der Waals surface area contributed by atoms with E-state index in [0.29, 0.717) is 11.7 Å². The Morgan fingerprint density at radius 1 is 1.25 bits per heavy atom. The SMILES string of the molecule is CS(=O)(=O)CC1CNC1.Cl.FC1(F)CNC1. The maximum atomic E-state index is 11.5. The molecular formula is C8H17ClF2N2O2S. The molecule has 0 aromatic heterocycles. The highest BCUT2D eigenvalue weighted by atomic mass is 35.5. The Kier molecular flexibility index (Phi) is 6.10. The van der Waals surface area contributed by atoms with E-state index in [1.54, 1.807) is 0 Å². The van der Waals surface area contributed by atoms with Crippen LogP contribution in [0.3, 0.4) is 0 Å². The van der Waals surface area contributed by atoms with Crippen molar-refractivity contribution in [3.63, 3.8) is 0 Å². The highest BCUT2D eigenvalue weighted by molar-refractivity contribution is 7.90. The van der Waals surface area contributed by atoms with Crippen LogP contribution in [0, 0.1) is 5.92 Å². The molecule has 2 aliphatic rings. The number of alkyl halides is 2. The lowest BCUT2D eigenvalue weighted by Crippen LogP contribution is -2.52. The molecule has 0 spiro atoms. The molecule has 0 radical (unpaired) electrons. The van der Waals surface area contributed by atoms with Crippen LogP contribution in [-0.2, 0) is 9.84 Å². The van der Waals surface area contributed by atoms with Crippen molar-refractivity contribution >= 4 is 22.2 Å². The topological polar surface area (TPSA) is 58.2 Å². The second-order valence-electron chi connectivity index (χ2n) is 4.08. The number of rotatable bonds is 2. The Balaban J connectivity index is 0.000000283. The van der Waals surface area contributed by atoms with Crippen LogP contribution >= 0.6 is 12.4 Å². The van der Waals surface area contributed by atoms with Crippen LogP contribution in [0.4, 0.5) is 8.78 Å². The Bertz CT molecular complexity index is 301. The zero-order valence-electron chi connectivity index (χ0n) is 9.00. The van der Waals surface area contributed by atoms with E-state index in [2.05, 4.69) is 10.6 Å². The van der Waals surface area contributed by atoms with Crippen molar-refractivity contribution in [1.29, 1.82) is 0 Å². The first-order valence-electron chi connectivity index (χ1n) is 4.75. The summed E-state index contributed by atoms with van der Waals surface area (Å²) in [7, 11) is -2.72. The fourth-order valence-electron chi connectivity index (χ4n) is 1.21. The van der Waals surface area contributed by atoms with Gasteiger partial charge in [-0.05, 0) is 5.92 Å². The minimum Gasteiger partial charge on any atom is -0.316 e. The highest BCUT2D eigenvalue weighted by Crippen LogP contribution is 2.16. The monoisotopic (exact) mass is 278 g/mol. The molecule has 2 aliphatic heterocycles. The molecule has 0 aromatic carbocycles. The van der Waals surface area contributed by atoms with Crippen molar-refractivity contribution in [2.45, 2.75) is 5.92 Å². The molecule has 2 rings (SSSR count). The van der Waals surface area contributed by atoms with Gasteiger partial charge in [-0.25, -0.2) is 17.2 Å². The van der Waals surface area contributed by atoms with Gasteiger partial charge in [-0.3, -0.25) is 0 Å². The summed E-state index contributed by atoms with van der Waals surface area (Å²) in [4.78, 5) is 0. The van der Waals surface area contributed by atoms with E-state index in [-0.39, 0.29) is 25.5 Å². The third-order valence-electron chi connectivity index (χ3n) is 2.17. The minimum atomic E-state index is -2.72. The van der Waals surface area contributed by atoms with Crippen molar-refractivity contribution in [2.75, 3.05) is 38.2 Å². The molecule has 2 fully saturated rings. The van der Waals surface area contributed by atoms with Gasteiger partial charge in [0, 0.05) is 19.3 Å². The molecule has 2 N–H and O–H groups in total. The first-order chi connectivity index (χ1) is 6.79. The lowest BCUT2D eigenvalue weighted by molar-refractivity contribution is -0.0475. The lowest BCUT2D eigenvalue weighted by atomic mass is 10.1. The average molecular weight is 279 g/mol. The van der Waals surface area contributed by atoms with Crippen molar-refractivity contribution < 1.29 is 17.2 Å². The largest absolute Gasteiger partial charge is 0.316 e. The molecule has 0 amide bonds. The van der Waals surface area contributed by atoms with Crippen molar-refractivity contribution in [1.82, 2.24) is 10.6 Å². The molecule has 16 heavy (non-hydrogen) atoms. The summed E-state index contributed by atoms with van der Waals surface area (Å²) in [5.74, 6) is -1.67. The van der Waals surface area contributed by atoms with Crippen LogP contribution in [0.2, 0.25) is 0 Å². The van der Waals surface area contributed by atoms with Gasteiger partial charge < -0.3 is 10.6 Å². The average Bonchev–Trinajstić information content (AvgIpc) is 1.94. The van der Waals surface area contributed by atoms with E-state index in [0.717, 1.165) is 13.1 Å². The number of hydrogen-bond donors (Lipinski definition) is 2. The normalized spacial score (nSPS) is 22.9. The van der Waals surface area contributed by atoms with Crippen LogP contribution in [-0.4, -0.2) is 52.5 Å². The predicted octanol–water partition coefficient (Wildman–Crippen LogP) is -0.103. The van der Waals surface area contributed by atoms with Crippen LogP contribution in [0.1, 0.15) is 0 Å². The second-order valence-corrected chi connectivity index (χ2v) is 6.26. The number of halogens is 3. The van der Waals surface area contributed by atoms with E-state index < -0.39 is 15.8 Å². The molecule has 0 atom stereocenters. The summed E-state index contributed by atoms with van der Waals surface area (Å²) in [5.41, 5.74) is 0. The molecule has 8 heteroatoms. The van der Waals surface area contributed by atoms with Gasteiger partial charge in [-0.15, -0.1) is 12.4 Å². The van der Waals surface area contributed by atoms with Crippen molar-refractivity contribution in [3.8, 4) is 0 Å². The summed E-state index contributed by atoms with van der Waals surface area (Å²) in [6.45, 7) is 1.47. The Hall–Kier alpha value is 0.0200. The summed E-state index contributed by atoms with van der Waals surface area (Å²) >= 11 is 0. The first-order valence-corrected chi connectivity index (χ1v) is 6.81. The Morgan fingerprint density at radius 3 is 1.75 bits per heavy atom. The summed E-state index contributed by atoms with van der Waals surface area (Å²) < 4.78 is 44.2. The predicted molar refractivity (Wildman–Crippen MR) is 61.1 cm³/mol. The van der Waals surface area contributed by atoms with Gasteiger partial charge in [0.25, 0.3) is 5.92 Å². The summed E-state index contributed by atoms with van der Waals surface area (Å²) in [6, 6.07) is 0. The van der Waals surface area contributed by atoms with Gasteiger partial charge in [0.2, 0.25) is 0 Å². The molecule has 0 bridgehead atoms. The van der Waals surface area contributed by atoms with Gasteiger partial charge in [0.15, 0.2) is 0 Å². The second kappa shape index (κ2) is 6.09. The molecule has 0 unspecified atom stereocenters. The molecule has 2 heterocycles. The Morgan fingerprint density at radius 2 is 1.69 bits per heavy atom. The molecule has 0 aliphatic carbocycles. The third kappa shape index (κ3) is 6.57. The Labute approximate surface area is 100 Å².